The van der Waals surface area contributed by atoms with Crippen molar-refractivity contribution in [1.29, 1.82) is 0 Å². The van der Waals surface area contributed by atoms with Gasteiger partial charge in [0.2, 0.25) is 0 Å². The molecule has 0 amide bonds. The van der Waals surface area contributed by atoms with Gasteiger partial charge in [0.25, 0.3) is 0 Å². The summed E-state index contributed by atoms with van der Waals surface area (Å²) in [5.74, 6) is 0. The van der Waals surface area contributed by atoms with Crippen molar-refractivity contribution in [2.45, 2.75) is 0 Å². The van der Waals surface area contributed by atoms with Gasteiger partial charge >= 0.3 is 48.3 Å². The molecule has 0 heterocycles. The summed E-state index contributed by atoms with van der Waals surface area (Å²) in [5.41, 5.74) is 0. The van der Waals surface area contributed by atoms with Crippen LogP contribution in [0.5, 0.6) is 0 Å². The van der Waals surface area contributed by atoms with E-state index in [9.17, 15) is 0 Å². The van der Waals surface area contributed by atoms with E-state index in [1.165, 1.54) is 0 Å². The second-order valence-corrected chi connectivity index (χ2v) is 1.71. The fourth-order valence-electron chi connectivity index (χ4n) is 0. The molecule has 45 valence electrons. The maximum atomic E-state index is 8.80. The molecule has 0 aromatic heterocycles. The molecule has 0 aliphatic heterocycles. The van der Waals surface area contributed by atoms with E-state index in [2.05, 4.69) is 0 Å². The minimum absolute atomic E-state index is 0. The van der Waals surface area contributed by atoms with Crippen molar-refractivity contribution >= 4 is 18.9 Å². The molecule has 0 aliphatic rings. The van der Waals surface area contributed by atoms with Crippen LogP contribution in [0.3, 0.4) is 0 Å². The van der Waals surface area contributed by atoms with Gasteiger partial charge in [-0.25, -0.2) is 0 Å². The topological polar surface area (TPSA) is 74.6 Å². The third-order valence-electron chi connectivity index (χ3n) is 0. The molecule has 0 atom stereocenters. The minimum atomic E-state index is -5.12. The van der Waals surface area contributed by atoms with Gasteiger partial charge in [0.15, 0.2) is 0 Å². The Kier molecular flexibility index (Phi) is 11.8. The van der Waals surface area contributed by atoms with Gasteiger partial charge in [0.05, 0.1) is 0 Å². The van der Waals surface area contributed by atoms with E-state index >= 15 is 0 Å². The molecule has 0 spiro atoms. The van der Waals surface area contributed by atoms with Gasteiger partial charge in [-0.2, -0.15) is 0 Å². The van der Waals surface area contributed by atoms with Gasteiger partial charge in [-0.1, -0.05) is 0 Å². The van der Waals surface area contributed by atoms with Gasteiger partial charge < -0.3 is 0 Å². The number of rotatable bonds is 0. The summed E-state index contributed by atoms with van der Waals surface area (Å²) >= 11 is -5.12. The van der Waals surface area contributed by atoms with Gasteiger partial charge in [-0.15, -0.1) is 0 Å². The molecule has 0 bridgehead atoms. The summed E-state index contributed by atoms with van der Waals surface area (Å²) in [6, 6.07) is 0. The predicted octanol–water partition coefficient (Wildman–Crippen LogP) is -2.01. The molecule has 0 saturated heterocycles. The van der Waals surface area contributed by atoms with Crippen molar-refractivity contribution in [2.24, 2.45) is 0 Å². The van der Waals surface area contributed by atoms with E-state index in [0.717, 1.165) is 0 Å². The first-order valence-corrected chi connectivity index (χ1v) is 2.67. The Balaban J connectivity index is -0.0000000800. The molecule has 0 radical (unpaired) electrons. The van der Waals surface area contributed by atoms with Crippen molar-refractivity contribution in [3.8, 4) is 0 Å². The van der Waals surface area contributed by atoms with Crippen LogP contribution in [0.2, 0.25) is 0 Å². The zero-order valence-corrected chi connectivity index (χ0v) is 4.57. The van der Waals surface area contributed by atoms with Gasteiger partial charge in [-0.3, -0.25) is 0 Å². The summed E-state index contributed by atoms with van der Waals surface area (Å²) in [6.45, 7) is 0. The van der Waals surface area contributed by atoms with E-state index in [0.29, 0.717) is 0 Å². The average Bonchev–Trinajstić information content (AvgIpc) is 0.722. The Bertz CT molecular complexity index is 94.9. The second-order valence-electron chi connectivity index (χ2n) is 0.415. The molecule has 7 heavy (non-hydrogen) atoms. The SMILES string of the molecule is [LiH].[Ni].[O]=[Mn](=[O])([OH])[OH]. The number of hydrogen-bond acceptors (Lipinski definition) is 2. The molecule has 0 aromatic carbocycles. The summed E-state index contributed by atoms with van der Waals surface area (Å²) in [7, 11) is 0. The van der Waals surface area contributed by atoms with Gasteiger partial charge in [0, 0.05) is 16.5 Å². The zero-order chi connectivity index (χ0) is 4.50. The first-order chi connectivity index (χ1) is 2.00. The molecular formula is H3LiMnNiO4. The summed E-state index contributed by atoms with van der Waals surface area (Å²) in [4.78, 5) is 0. The van der Waals surface area contributed by atoms with Crippen molar-refractivity contribution in [3.05, 3.63) is 0 Å². The van der Waals surface area contributed by atoms with Crippen LogP contribution in [0.4, 0.5) is 0 Å². The fourth-order valence-corrected chi connectivity index (χ4v) is 0. The maximum absolute atomic E-state index is 8.80. The molecule has 0 aliphatic carbocycles. The Hall–Kier alpha value is 1.13. The van der Waals surface area contributed by atoms with E-state index in [4.69, 9.17) is 16.0 Å². The molecule has 0 aromatic rings. The second kappa shape index (κ2) is 5.27. The van der Waals surface area contributed by atoms with E-state index in [-0.39, 0.29) is 35.4 Å². The standard InChI is InChI=1S/Li.Mn.Ni.2H2O.2O.H/h;;;2*1H2;;;/q;+2;;;;;;/p-2. The Morgan fingerprint density at radius 2 is 1.14 bits per heavy atom. The molecule has 0 rings (SSSR count). The van der Waals surface area contributed by atoms with Gasteiger partial charge in [0.1, 0.15) is 0 Å². The van der Waals surface area contributed by atoms with Crippen molar-refractivity contribution in [2.75, 3.05) is 0 Å². The predicted molar refractivity (Wildman–Crippen MR) is 13.0 cm³/mol. The molecular weight excluding hydrogens is 185 g/mol. The molecule has 2 N–H and O–H groups in total. The van der Waals surface area contributed by atoms with E-state index in [1.807, 2.05) is 0 Å². The fraction of sp³-hybridized carbons (Fsp3) is 0. The zero-order valence-electron chi connectivity index (χ0n) is 2.41. The quantitative estimate of drug-likeness (QED) is 0.430. The Morgan fingerprint density at radius 3 is 1.14 bits per heavy atom. The Labute approximate surface area is 64.7 Å². The van der Waals surface area contributed by atoms with Crippen molar-refractivity contribution in [3.63, 3.8) is 0 Å². The van der Waals surface area contributed by atoms with Gasteiger partial charge in [-0.05, 0) is 0 Å². The Morgan fingerprint density at radius 1 is 1.14 bits per heavy atom. The third-order valence-corrected chi connectivity index (χ3v) is 0. The molecule has 0 saturated carbocycles. The molecule has 4 nitrogen and oxygen atoms in total. The van der Waals surface area contributed by atoms with Crippen molar-refractivity contribution < 1.29 is 45.9 Å². The summed E-state index contributed by atoms with van der Waals surface area (Å²) < 4.78 is 31.8. The van der Waals surface area contributed by atoms with E-state index in [1.54, 1.807) is 0 Å². The molecule has 7 heteroatoms. The van der Waals surface area contributed by atoms with Crippen LogP contribution >= 0.6 is 0 Å². The average molecular weight is 188 g/mol. The van der Waals surface area contributed by atoms with Crippen LogP contribution in [0.15, 0.2) is 0 Å². The van der Waals surface area contributed by atoms with Crippen LogP contribution in [0.25, 0.3) is 0 Å². The normalized spacial score (nSPS) is 8.29. The summed E-state index contributed by atoms with van der Waals surface area (Å²) in [6.07, 6.45) is 0. The first-order valence-electron chi connectivity index (χ1n) is 0.647. The number of hydrogen-bond donors (Lipinski definition) is 2. The van der Waals surface area contributed by atoms with Crippen LogP contribution in [-0.2, 0) is 37.5 Å². The van der Waals surface area contributed by atoms with Crippen LogP contribution in [0.1, 0.15) is 0 Å². The molecule has 0 unspecified atom stereocenters. The molecule has 0 fully saturated rings. The third kappa shape index (κ3) is 147. The first kappa shape index (κ1) is 15.7. The van der Waals surface area contributed by atoms with Crippen LogP contribution < -0.4 is 0 Å². The monoisotopic (exact) mass is 187 g/mol. The van der Waals surface area contributed by atoms with Crippen molar-refractivity contribution in [1.82, 2.24) is 0 Å². The van der Waals surface area contributed by atoms with E-state index < -0.39 is 13.4 Å². The van der Waals surface area contributed by atoms with Crippen LogP contribution in [0, 0.1) is 0 Å². The van der Waals surface area contributed by atoms with Crippen LogP contribution in [-0.4, -0.2) is 27.2 Å². The summed E-state index contributed by atoms with van der Waals surface area (Å²) in [5, 5.41) is 0.